The van der Waals surface area contributed by atoms with E-state index in [1.807, 2.05) is 72.8 Å². The molecule has 1 saturated heterocycles. The van der Waals surface area contributed by atoms with E-state index in [0.717, 1.165) is 85.1 Å². The van der Waals surface area contributed by atoms with Gasteiger partial charge in [0.15, 0.2) is 0 Å². The van der Waals surface area contributed by atoms with Gasteiger partial charge >= 0.3 is 23.9 Å². The summed E-state index contributed by atoms with van der Waals surface area (Å²) in [6.45, 7) is 9.46. The van der Waals surface area contributed by atoms with Gasteiger partial charge in [0, 0.05) is 12.2 Å². The maximum atomic E-state index is 13.2. The van der Waals surface area contributed by atoms with Gasteiger partial charge in [-0.3, -0.25) is 0 Å². The highest BCUT2D eigenvalue weighted by molar-refractivity contribution is 5.91. The van der Waals surface area contributed by atoms with Crippen molar-refractivity contribution in [2.75, 3.05) is 39.6 Å². The van der Waals surface area contributed by atoms with Crippen molar-refractivity contribution < 1.29 is 57.1 Å². The molecule has 4 aromatic rings. The Balaban J connectivity index is 0.927. The minimum absolute atomic E-state index is 0.175. The van der Waals surface area contributed by atoms with E-state index in [0.29, 0.717) is 37.6 Å². The largest absolute Gasteiger partial charge is 0.494 e. The lowest BCUT2D eigenvalue weighted by atomic mass is 10.0. The van der Waals surface area contributed by atoms with Gasteiger partial charge in [-0.25, -0.2) is 19.2 Å². The molecule has 5 rings (SSSR count). The predicted molar refractivity (Wildman–Crippen MR) is 280 cm³/mol. The van der Waals surface area contributed by atoms with Gasteiger partial charge in [0.25, 0.3) is 12.6 Å². The number of ether oxygens (including phenoxy) is 8. The number of unbranched alkanes of at least 4 members (excludes halogenated alkanes) is 18. The average molecular weight is 989 g/mol. The molecule has 0 aromatic heterocycles. The molecule has 0 aliphatic carbocycles. The number of carbonyl (C=O) groups is 4. The van der Waals surface area contributed by atoms with Crippen LogP contribution in [0.5, 0.6) is 11.5 Å². The van der Waals surface area contributed by atoms with Gasteiger partial charge in [-0.2, -0.15) is 0 Å². The molecule has 0 unspecified atom stereocenters. The van der Waals surface area contributed by atoms with Crippen molar-refractivity contribution in [2.24, 2.45) is 0 Å². The van der Waals surface area contributed by atoms with Crippen LogP contribution in [0.2, 0.25) is 0 Å². The number of carbonyl (C=O) groups excluding carboxylic acids is 4. The highest BCUT2D eigenvalue weighted by Crippen LogP contribution is 2.26. The fraction of sp³-hybridized carbons (Fsp3) is 0.467. The first kappa shape index (κ1) is 56.7. The normalized spacial score (nSPS) is 14.2. The third kappa shape index (κ3) is 22.0. The van der Waals surface area contributed by atoms with E-state index in [9.17, 15) is 19.2 Å². The van der Waals surface area contributed by atoms with Gasteiger partial charge in [0.05, 0.1) is 50.8 Å². The summed E-state index contributed by atoms with van der Waals surface area (Å²) in [4.78, 5) is 48.5. The van der Waals surface area contributed by atoms with Gasteiger partial charge in [0.1, 0.15) is 11.5 Å². The van der Waals surface area contributed by atoms with Crippen molar-refractivity contribution in [3.63, 3.8) is 0 Å². The van der Waals surface area contributed by atoms with E-state index >= 15 is 0 Å². The molecule has 1 fully saturated rings. The summed E-state index contributed by atoms with van der Waals surface area (Å²) < 4.78 is 44.6. The van der Waals surface area contributed by atoms with Crippen LogP contribution in [0.4, 0.5) is 0 Å². The van der Waals surface area contributed by atoms with Crippen molar-refractivity contribution in [1.29, 1.82) is 0 Å². The van der Waals surface area contributed by atoms with Crippen LogP contribution in [0, 0.1) is 0 Å². The lowest BCUT2D eigenvalue weighted by Gasteiger charge is -2.30. The molecule has 2 atom stereocenters. The van der Waals surface area contributed by atoms with Crippen LogP contribution in [-0.2, 0) is 38.0 Å². The molecule has 0 bridgehead atoms. The van der Waals surface area contributed by atoms with E-state index < -0.39 is 24.5 Å². The number of rotatable bonds is 36. The van der Waals surface area contributed by atoms with Crippen molar-refractivity contribution in [2.45, 2.75) is 141 Å². The molecule has 388 valence electrons. The second kappa shape index (κ2) is 34.2. The maximum Gasteiger partial charge on any atom is 0.340 e. The van der Waals surface area contributed by atoms with E-state index in [1.165, 1.54) is 89.2 Å². The van der Waals surface area contributed by atoms with Crippen LogP contribution in [0.1, 0.15) is 149 Å². The summed E-state index contributed by atoms with van der Waals surface area (Å²) in [6.07, 6.45) is 22.9. The van der Waals surface area contributed by atoms with Gasteiger partial charge in [0.2, 0.25) is 0 Å². The van der Waals surface area contributed by atoms with Gasteiger partial charge < -0.3 is 37.9 Å². The fourth-order valence-electron chi connectivity index (χ4n) is 8.18. The Bertz CT molecular complexity index is 2030. The quantitative estimate of drug-likeness (QED) is 0.0185. The highest BCUT2D eigenvalue weighted by atomic mass is 16.8. The average Bonchev–Trinajstić information content (AvgIpc) is 3.41. The zero-order valence-corrected chi connectivity index (χ0v) is 42.2. The molecule has 0 N–H and O–H groups in total. The van der Waals surface area contributed by atoms with Crippen LogP contribution in [0.25, 0.3) is 22.3 Å². The van der Waals surface area contributed by atoms with Gasteiger partial charge in [-0.05, 0) is 96.5 Å². The Labute approximate surface area is 427 Å². The Morgan fingerprint density at radius 1 is 0.389 bits per heavy atom. The number of hydrogen-bond donors (Lipinski definition) is 0. The Morgan fingerprint density at radius 2 is 0.653 bits per heavy atom. The number of benzene rings is 4. The predicted octanol–water partition coefficient (Wildman–Crippen LogP) is 13.8. The second-order valence-electron chi connectivity index (χ2n) is 18.0. The summed E-state index contributed by atoms with van der Waals surface area (Å²) in [5.74, 6) is -0.315. The molecule has 0 spiro atoms. The summed E-state index contributed by atoms with van der Waals surface area (Å²) >= 11 is 0. The lowest BCUT2D eigenvalue weighted by Crippen LogP contribution is -2.44. The minimum atomic E-state index is -1.24. The molecular weight excluding hydrogens is 913 g/mol. The molecule has 12 nitrogen and oxygen atoms in total. The number of esters is 4. The first-order valence-corrected chi connectivity index (χ1v) is 26.2. The number of hydrogen-bond acceptors (Lipinski definition) is 12. The van der Waals surface area contributed by atoms with Crippen molar-refractivity contribution in [3.05, 3.63) is 133 Å². The molecule has 1 aliphatic heterocycles. The zero-order valence-electron chi connectivity index (χ0n) is 42.2. The SMILES string of the molecule is C=CC(=O)OCCCCCCCCCCCCOc1ccc(-c2ccc(C(=O)O[C@H]3OCCO[C@@H]3OC(=O)c3ccc(-c4ccc(OCCCCCCCCCCCCOC(=O)C=C)cc4)cc3)cc2)cc1. The van der Waals surface area contributed by atoms with E-state index in [4.69, 9.17) is 37.9 Å². The molecule has 4 aromatic carbocycles. The van der Waals surface area contributed by atoms with E-state index in [2.05, 4.69) is 13.2 Å². The van der Waals surface area contributed by atoms with Crippen LogP contribution in [-0.4, -0.2) is 76.1 Å². The minimum Gasteiger partial charge on any atom is -0.494 e. The molecule has 1 heterocycles. The first-order chi connectivity index (χ1) is 35.3. The van der Waals surface area contributed by atoms with E-state index in [-0.39, 0.29) is 25.2 Å². The smallest absolute Gasteiger partial charge is 0.340 e. The van der Waals surface area contributed by atoms with Gasteiger partial charge in [-0.1, -0.05) is 164 Å². The second-order valence-corrected chi connectivity index (χ2v) is 18.0. The fourth-order valence-corrected chi connectivity index (χ4v) is 8.18. The molecule has 0 saturated carbocycles. The van der Waals surface area contributed by atoms with Gasteiger partial charge in [-0.15, -0.1) is 0 Å². The summed E-state index contributed by atoms with van der Waals surface area (Å²) in [5.41, 5.74) is 4.47. The Morgan fingerprint density at radius 3 is 0.944 bits per heavy atom. The summed E-state index contributed by atoms with van der Waals surface area (Å²) in [5, 5.41) is 0. The van der Waals surface area contributed by atoms with Crippen LogP contribution < -0.4 is 9.47 Å². The van der Waals surface area contributed by atoms with Crippen molar-refractivity contribution in [3.8, 4) is 33.8 Å². The maximum absolute atomic E-state index is 13.2. The standard InChI is InChI=1S/C60H76O12/c1-3-55(61)67-43-23-19-15-11-7-5-9-13-17-21-41-65-53-37-33-49(34-38-53)47-25-29-51(30-26-47)57(63)71-59-60(70-46-45-69-59)72-58(64)52-31-27-48(28-32-52)50-35-39-54(40-36-50)66-42-22-18-14-10-6-8-12-16-20-24-44-68-56(62)4-2/h3-4,25-40,59-60H,1-2,5-24,41-46H2/t59-,60-/m1/s1. The third-order valence-corrected chi connectivity index (χ3v) is 12.4. The molecular formula is C60H76O12. The molecule has 0 radical (unpaired) electrons. The lowest BCUT2D eigenvalue weighted by molar-refractivity contribution is -0.288. The topological polar surface area (TPSA) is 142 Å². The molecule has 1 aliphatic rings. The van der Waals surface area contributed by atoms with Crippen molar-refractivity contribution in [1.82, 2.24) is 0 Å². The molecule has 12 heteroatoms. The highest BCUT2D eigenvalue weighted by Gasteiger charge is 2.34. The van der Waals surface area contributed by atoms with Crippen molar-refractivity contribution >= 4 is 23.9 Å². The summed E-state index contributed by atoms with van der Waals surface area (Å²) in [6, 6.07) is 30.0. The van der Waals surface area contributed by atoms with Crippen LogP contribution in [0.3, 0.4) is 0 Å². The molecule has 72 heavy (non-hydrogen) atoms. The monoisotopic (exact) mass is 989 g/mol. The van der Waals surface area contributed by atoms with E-state index in [1.54, 1.807) is 24.3 Å². The van der Waals surface area contributed by atoms with Crippen LogP contribution in [0.15, 0.2) is 122 Å². The first-order valence-electron chi connectivity index (χ1n) is 26.2. The Kier molecular flexibility index (Phi) is 26.9. The zero-order chi connectivity index (χ0) is 50.9. The molecule has 0 amide bonds. The Hall–Kier alpha value is -6.24. The summed E-state index contributed by atoms with van der Waals surface area (Å²) in [7, 11) is 0. The third-order valence-electron chi connectivity index (χ3n) is 12.4. The van der Waals surface area contributed by atoms with Crippen LogP contribution >= 0.6 is 0 Å².